The average Bonchev–Trinajstić information content (AvgIpc) is 2.69. The minimum Gasteiger partial charge on any atom is -0.381 e. The lowest BCUT2D eigenvalue weighted by atomic mass is 10.2. The van der Waals surface area contributed by atoms with Gasteiger partial charge in [0, 0.05) is 26.5 Å². The first kappa shape index (κ1) is 12.6. The van der Waals surface area contributed by atoms with Crippen LogP contribution in [-0.2, 0) is 0 Å². The molecule has 2 aromatic rings. The van der Waals surface area contributed by atoms with E-state index in [-0.39, 0.29) is 5.91 Å². The fourth-order valence-electron chi connectivity index (χ4n) is 1.39. The number of rotatable bonds is 2. The Bertz CT molecular complexity index is 556. The number of anilines is 1. The Morgan fingerprint density at radius 3 is 2.61 bits per heavy atom. The molecular formula is C11H12BrN5O. The van der Waals surface area contributed by atoms with Crippen molar-refractivity contribution in [2.45, 2.75) is 0 Å². The van der Waals surface area contributed by atoms with Crippen LogP contribution < -0.4 is 5.73 Å². The summed E-state index contributed by atoms with van der Waals surface area (Å²) in [7, 11) is 3.39. The zero-order valence-corrected chi connectivity index (χ0v) is 11.5. The Morgan fingerprint density at radius 2 is 2.17 bits per heavy atom. The lowest BCUT2D eigenvalue weighted by molar-refractivity contribution is 0.0827. The van der Waals surface area contributed by atoms with Gasteiger partial charge in [0.25, 0.3) is 5.91 Å². The van der Waals surface area contributed by atoms with Gasteiger partial charge in [-0.1, -0.05) is 0 Å². The molecule has 94 valence electrons. The fourth-order valence-corrected chi connectivity index (χ4v) is 1.66. The van der Waals surface area contributed by atoms with E-state index in [1.165, 1.54) is 11.1 Å². The zero-order chi connectivity index (χ0) is 13.3. The third kappa shape index (κ3) is 2.35. The molecule has 0 fully saturated rings. The highest BCUT2D eigenvalue weighted by atomic mass is 79.9. The van der Waals surface area contributed by atoms with E-state index < -0.39 is 0 Å². The summed E-state index contributed by atoms with van der Waals surface area (Å²) in [5.74, 6) is 0.906. The molecular weight excluding hydrogens is 298 g/mol. The first-order chi connectivity index (χ1) is 8.49. The maximum absolute atomic E-state index is 11.7. The maximum atomic E-state index is 11.7. The average molecular weight is 310 g/mol. The van der Waals surface area contributed by atoms with Crippen molar-refractivity contribution in [2.24, 2.45) is 0 Å². The molecule has 2 rings (SSSR count). The number of aromatic nitrogens is 3. The predicted octanol–water partition coefficient (Wildman–Crippen LogP) is 1.31. The van der Waals surface area contributed by atoms with Crippen LogP contribution in [0.3, 0.4) is 0 Å². The van der Waals surface area contributed by atoms with Crippen molar-refractivity contribution in [1.29, 1.82) is 0 Å². The molecule has 0 saturated carbocycles. The molecule has 1 amide bonds. The van der Waals surface area contributed by atoms with E-state index >= 15 is 0 Å². The van der Waals surface area contributed by atoms with Crippen molar-refractivity contribution in [3.8, 4) is 5.82 Å². The second-order valence-electron chi connectivity index (χ2n) is 3.91. The molecule has 6 nitrogen and oxygen atoms in total. The van der Waals surface area contributed by atoms with Crippen molar-refractivity contribution in [3.05, 3.63) is 34.6 Å². The molecule has 18 heavy (non-hydrogen) atoms. The summed E-state index contributed by atoms with van der Waals surface area (Å²) in [6.45, 7) is 0. The molecule has 0 saturated heterocycles. The van der Waals surface area contributed by atoms with Crippen LogP contribution in [0.15, 0.2) is 29.0 Å². The van der Waals surface area contributed by atoms with E-state index in [2.05, 4.69) is 26.0 Å². The van der Waals surface area contributed by atoms with E-state index in [4.69, 9.17) is 5.73 Å². The van der Waals surface area contributed by atoms with Crippen LogP contribution in [-0.4, -0.2) is 39.7 Å². The van der Waals surface area contributed by atoms with Crippen LogP contribution >= 0.6 is 15.9 Å². The van der Waals surface area contributed by atoms with E-state index in [1.54, 1.807) is 37.1 Å². The van der Waals surface area contributed by atoms with Crippen LogP contribution in [0.5, 0.6) is 0 Å². The second kappa shape index (κ2) is 4.77. The van der Waals surface area contributed by atoms with Gasteiger partial charge in [-0.15, -0.1) is 5.10 Å². The summed E-state index contributed by atoms with van der Waals surface area (Å²) in [5.41, 5.74) is 6.16. The van der Waals surface area contributed by atoms with Crippen LogP contribution in [0, 0.1) is 0 Å². The molecule has 0 atom stereocenters. The number of halogens is 1. The number of amides is 1. The first-order valence-electron chi connectivity index (χ1n) is 5.18. The quantitative estimate of drug-likeness (QED) is 0.907. The second-order valence-corrected chi connectivity index (χ2v) is 4.77. The van der Waals surface area contributed by atoms with Gasteiger partial charge < -0.3 is 10.6 Å². The van der Waals surface area contributed by atoms with Crippen LogP contribution in [0.4, 0.5) is 5.82 Å². The van der Waals surface area contributed by atoms with Gasteiger partial charge in [0.05, 0.1) is 10.0 Å². The van der Waals surface area contributed by atoms with Crippen molar-refractivity contribution < 1.29 is 4.79 Å². The molecule has 2 heterocycles. The van der Waals surface area contributed by atoms with Crippen molar-refractivity contribution >= 4 is 27.7 Å². The summed E-state index contributed by atoms with van der Waals surface area (Å²) in [4.78, 5) is 17.4. The number of nitrogens with two attached hydrogens (primary N) is 1. The standard InChI is InChI=1S/C11H12BrN5O/c1-16(2)11(18)7-3-4-9(14-5-7)17-6-8(12)10(13)15-17/h3-6H,1-2H3,(H2,13,15). The summed E-state index contributed by atoms with van der Waals surface area (Å²) in [6.07, 6.45) is 3.23. The van der Waals surface area contributed by atoms with Gasteiger partial charge in [-0.05, 0) is 28.1 Å². The minimum absolute atomic E-state index is 0.0878. The number of hydrogen-bond acceptors (Lipinski definition) is 4. The Balaban J connectivity index is 2.30. The van der Waals surface area contributed by atoms with Crippen molar-refractivity contribution in [1.82, 2.24) is 19.7 Å². The van der Waals surface area contributed by atoms with Gasteiger partial charge in [-0.25, -0.2) is 9.67 Å². The number of carbonyl (C=O) groups is 1. The van der Waals surface area contributed by atoms with Gasteiger partial charge in [-0.2, -0.15) is 0 Å². The van der Waals surface area contributed by atoms with Crippen LogP contribution in [0.25, 0.3) is 5.82 Å². The largest absolute Gasteiger partial charge is 0.381 e. The molecule has 0 unspecified atom stereocenters. The summed E-state index contributed by atoms with van der Waals surface area (Å²) < 4.78 is 2.25. The van der Waals surface area contributed by atoms with E-state index in [0.717, 1.165) is 0 Å². The molecule has 2 aromatic heterocycles. The van der Waals surface area contributed by atoms with Crippen molar-refractivity contribution in [2.75, 3.05) is 19.8 Å². The van der Waals surface area contributed by atoms with Crippen molar-refractivity contribution in [3.63, 3.8) is 0 Å². The molecule has 0 aliphatic heterocycles. The normalized spacial score (nSPS) is 10.4. The smallest absolute Gasteiger partial charge is 0.254 e. The lowest BCUT2D eigenvalue weighted by Gasteiger charge is -2.09. The highest BCUT2D eigenvalue weighted by Crippen LogP contribution is 2.18. The maximum Gasteiger partial charge on any atom is 0.254 e. The Labute approximate surface area is 113 Å². The molecule has 0 aliphatic carbocycles. The summed E-state index contributed by atoms with van der Waals surface area (Å²) >= 11 is 3.27. The summed E-state index contributed by atoms with van der Waals surface area (Å²) in [6, 6.07) is 3.42. The Morgan fingerprint density at radius 1 is 1.44 bits per heavy atom. The molecule has 0 aliphatic rings. The molecule has 7 heteroatoms. The SMILES string of the molecule is CN(C)C(=O)c1ccc(-n2cc(Br)c(N)n2)nc1. The van der Waals surface area contributed by atoms with Gasteiger partial charge in [0.15, 0.2) is 11.6 Å². The van der Waals surface area contributed by atoms with Crippen LogP contribution in [0.2, 0.25) is 0 Å². The Kier molecular flexibility index (Phi) is 3.33. The Hall–Kier alpha value is -1.89. The molecule has 0 radical (unpaired) electrons. The highest BCUT2D eigenvalue weighted by Gasteiger charge is 2.10. The van der Waals surface area contributed by atoms with Gasteiger partial charge >= 0.3 is 0 Å². The van der Waals surface area contributed by atoms with Crippen LogP contribution in [0.1, 0.15) is 10.4 Å². The van der Waals surface area contributed by atoms with Gasteiger partial charge in [-0.3, -0.25) is 4.79 Å². The minimum atomic E-state index is -0.0878. The first-order valence-corrected chi connectivity index (χ1v) is 5.97. The summed E-state index contributed by atoms with van der Waals surface area (Å²) in [5, 5.41) is 4.08. The monoisotopic (exact) mass is 309 g/mol. The third-order valence-corrected chi connectivity index (χ3v) is 2.94. The highest BCUT2D eigenvalue weighted by molar-refractivity contribution is 9.10. The topological polar surface area (TPSA) is 77.0 Å². The number of nitrogens with zero attached hydrogens (tertiary/aromatic N) is 4. The van der Waals surface area contributed by atoms with E-state index in [9.17, 15) is 4.79 Å². The van der Waals surface area contributed by atoms with E-state index in [1.807, 2.05) is 0 Å². The third-order valence-electron chi connectivity index (χ3n) is 2.33. The molecule has 2 N–H and O–H groups in total. The molecule has 0 bridgehead atoms. The number of nitrogen functional groups attached to an aromatic ring is 1. The molecule has 0 spiro atoms. The number of carbonyl (C=O) groups excluding carboxylic acids is 1. The van der Waals surface area contributed by atoms with Gasteiger partial charge in [0.2, 0.25) is 0 Å². The van der Waals surface area contributed by atoms with E-state index in [0.29, 0.717) is 21.7 Å². The predicted molar refractivity (Wildman–Crippen MR) is 71.5 cm³/mol. The molecule has 0 aromatic carbocycles. The fraction of sp³-hybridized carbons (Fsp3) is 0.182. The lowest BCUT2D eigenvalue weighted by Crippen LogP contribution is -2.21. The number of hydrogen-bond donors (Lipinski definition) is 1. The zero-order valence-electron chi connectivity index (χ0n) is 9.96. The number of pyridine rings is 1. The van der Waals surface area contributed by atoms with Gasteiger partial charge in [0.1, 0.15) is 0 Å².